The Labute approximate surface area is 157 Å². The fraction of sp³-hybridized carbons (Fsp3) is 0.286. The summed E-state index contributed by atoms with van der Waals surface area (Å²) in [5.41, 5.74) is 2.30. The minimum atomic E-state index is -2.39. The summed E-state index contributed by atoms with van der Waals surface area (Å²) in [5, 5.41) is 28.3. The van der Waals surface area contributed by atoms with Crippen molar-refractivity contribution in [3.63, 3.8) is 0 Å². The highest BCUT2D eigenvalue weighted by Gasteiger charge is 2.42. The molecule has 6 nitrogen and oxygen atoms in total. The number of ketones is 1. The normalized spacial score (nSPS) is 12.6. The summed E-state index contributed by atoms with van der Waals surface area (Å²) in [6, 6.07) is 15.7. The van der Waals surface area contributed by atoms with Crippen LogP contribution < -0.4 is 4.74 Å². The third-order valence-electron chi connectivity index (χ3n) is 4.16. The Balaban J connectivity index is 2.18. The lowest BCUT2D eigenvalue weighted by Crippen LogP contribution is -2.48. The number of hydrogen-bond acceptors (Lipinski definition) is 5. The summed E-state index contributed by atoms with van der Waals surface area (Å²) in [6.07, 6.45) is 1.98. The molecule has 0 spiro atoms. The SMILES string of the molecule is CCCCCC(O)(Oc1ccc(-c2ccc(C#N)cc2)cc1)C(=O)C(=O)O. The third kappa shape index (κ3) is 5.16. The molecule has 0 saturated heterocycles. The third-order valence-corrected chi connectivity index (χ3v) is 4.16. The Morgan fingerprint density at radius 1 is 1.04 bits per heavy atom. The average Bonchev–Trinajstić information content (AvgIpc) is 2.68. The lowest BCUT2D eigenvalue weighted by molar-refractivity contribution is -0.184. The fourth-order valence-electron chi connectivity index (χ4n) is 2.64. The minimum Gasteiger partial charge on any atom is -0.475 e. The lowest BCUT2D eigenvalue weighted by atomic mass is 10.0. The molecule has 27 heavy (non-hydrogen) atoms. The first-order valence-electron chi connectivity index (χ1n) is 8.69. The van der Waals surface area contributed by atoms with Gasteiger partial charge in [0.1, 0.15) is 5.75 Å². The fourth-order valence-corrected chi connectivity index (χ4v) is 2.64. The smallest absolute Gasteiger partial charge is 0.379 e. The Morgan fingerprint density at radius 2 is 1.59 bits per heavy atom. The van der Waals surface area contributed by atoms with Crippen molar-refractivity contribution in [3.05, 3.63) is 54.1 Å². The molecule has 140 valence electrons. The number of nitrogens with zero attached hydrogens (tertiary/aromatic N) is 1. The number of unbranched alkanes of at least 4 members (excludes halogenated alkanes) is 2. The Kier molecular flexibility index (Phi) is 6.69. The molecule has 0 fully saturated rings. The molecule has 2 N–H and O–H groups in total. The zero-order chi connectivity index (χ0) is 19.9. The molecule has 1 unspecified atom stereocenters. The highest BCUT2D eigenvalue weighted by atomic mass is 16.6. The van der Waals surface area contributed by atoms with E-state index >= 15 is 0 Å². The Bertz CT molecular complexity index is 836. The molecule has 0 bridgehead atoms. The van der Waals surface area contributed by atoms with Gasteiger partial charge in [-0.2, -0.15) is 5.26 Å². The number of nitriles is 1. The standard InChI is InChI=1S/C21H21NO5/c1-2-3-4-13-21(26,19(23)20(24)25)27-18-11-9-17(10-12-18)16-7-5-15(14-22)6-8-16/h5-12,26H,2-4,13H2,1H3,(H,24,25). The molecule has 0 saturated carbocycles. The molecule has 6 heteroatoms. The summed E-state index contributed by atoms with van der Waals surface area (Å²) < 4.78 is 5.38. The number of hydrogen-bond donors (Lipinski definition) is 2. The molecule has 0 aliphatic heterocycles. The van der Waals surface area contributed by atoms with Gasteiger partial charge < -0.3 is 14.9 Å². The zero-order valence-corrected chi connectivity index (χ0v) is 15.0. The first-order chi connectivity index (χ1) is 12.9. The van der Waals surface area contributed by atoms with E-state index in [4.69, 9.17) is 15.1 Å². The van der Waals surface area contributed by atoms with E-state index in [2.05, 4.69) is 6.07 Å². The molecule has 0 heterocycles. The van der Waals surface area contributed by atoms with Gasteiger partial charge in [-0.1, -0.05) is 44.0 Å². The predicted octanol–water partition coefficient (Wildman–Crippen LogP) is 3.53. The molecule has 2 rings (SSSR count). The summed E-state index contributed by atoms with van der Waals surface area (Å²) >= 11 is 0. The Morgan fingerprint density at radius 3 is 2.07 bits per heavy atom. The van der Waals surface area contributed by atoms with Gasteiger partial charge in [-0.05, 0) is 41.8 Å². The number of benzene rings is 2. The monoisotopic (exact) mass is 367 g/mol. The first kappa shape index (κ1) is 20.1. The summed E-state index contributed by atoms with van der Waals surface area (Å²) in [5.74, 6) is -5.31. The van der Waals surface area contributed by atoms with Crippen molar-refractivity contribution in [1.82, 2.24) is 0 Å². The molecule has 0 aromatic heterocycles. The second-order valence-electron chi connectivity index (χ2n) is 6.19. The zero-order valence-electron chi connectivity index (χ0n) is 15.0. The van der Waals surface area contributed by atoms with Crippen LogP contribution in [0.25, 0.3) is 11.1 Å². The number of ether oxygens (including phenoxy) is 1. The van der Waals surface area contributed by atoms with Crippen molar-refractivity contribution in [1.29, 1.82) is 5.26 Å². The highest BCUT2D eigenvalue weighted by Crippen LogP contribution is 2.27. The quantitative estimate of drug-likeness (QED) is 0.399. The van der Waals surface area contributed by atoms with Crippen molar-refractivity contribution >= 4 is 11.8 Å². The van der Waals surface area contributed by atoms with E-state index in [-0.39, 0.29) is 12.2 Å². The van der Waals surface area contributed by atoms with Crippen molar-refractivity contribution in [2.45, 2.75) is 38.4 Å². The van der Waals surface area contributed by atoms with Crippen LogP contribution in [-0.4, -0.2) is 27.8 Å². The van der Waals surface area contributed by atoms with Crippen LogP contribution >= 0.6 is 0 Å². The molecule has 0 aliphatic rings. The van der Waals surface area contributed by atoms with Gasteiger partial charge in [0, 0.05) is 6.42 Å². The average molecular weight is 367 g/mol. The van der Waals surface area contributed by atoms with Crippen LogP contribution in [0.3, 0.4) is 0 Å². The molecular weight excluding hydrogens is 346 g/mol. The molecule has 0 radical (unpaired) electrons. The van der Waals surface area contributed by atoms with Gasteiger partial charge in [0.15, 0.2) is 0 Å². The van der Waals surface area contributed by atoms with Crippen molar-refractivity contribution in [3.8, 4) is 22.9 Å². The maximum absolute atomic E-state index is 11.9. The minimum absolute atomic E-state index is 0.0939. The second kappa shape index (κ2) is 8.97. The van der Waals surface area contributed by atoms with Gasteiger partial charge in [0.05, 0.1) is 11.6 Å². The second-order valence-corrected chi connectivity index (χ2v) is 6.19. The van der Waals surface area contributed by atoms with E-state index in [0.717, 1.165) is 24.0 Å². The number of aliphatic hydroxyl groups is 1. The van der Waals surface area contributed by atoms with Crippen LogP contribution in [0.4, 0.5) is 0 Å². The van der Waals surface area contributed by atoms with Gasteiger partial charge in [-0.3, -0.25) is 4.79 Å². The predicted molar refractivity (Wildman–Crippen MR) is 99.0 cm³/mol. The van der Waals surface area contributed by atoms with Gasteiger partial charge >= 0.3 is 11.8 Å². The maximum atomic E-state index is 11.9. The van der Waals surface area contributed by atoms with Crippen molar-refractivity contribution in [2.24, 2.45) is 0 Å². The van der Waals surface area contributed by atoms with E-state index < -0.39 is 17.5 Å². The van der Waals surface area contributed by atoms with Gasteiger partial charge in [0.2, 0.25) is 0 Å². The van der Waals surface area contributed by atoms with Gasteiger partial charge in [-0.15, -0.1) is 0 Å². The van der Waals surface area contributed by atoms with E-state index in [1.54, 1.807) is 36.4 Å². The maximum Gasteiger partial charge on any atom is 0.379 e. The van der Waals surface area contributed by atoms with E-state index in [9.17, 15) is 14.7 Å². The summed E-state index contributed by atoms with van der Waals surface area (Å²) in [7, 11) is 0. The Hall–Kier alpha value is -3.17. The van der Waals surface area contributed by atoms with Crippen LogP contribution in [0, 0.1) is 11.3 Å². The molecule has 0 amide bonds. The van der Waals surface area contributed by atoms with Crippen LogP contribution in [0.5, 0.6) is 5.75 Å². The molecule has 2 aromatic rings. The molecule has 1 atom stereocenters. The van der Waals surface area contributed by atoms with Gasteiger partial charge in [-0.25, -0.2) is 4.79 Å². The van der Waals surface area contributed by atoms with Crippen LogP contribution in [0.15, 0.2) is 48.5 Å². The van der Waals surface area contributed by atoms with E-state index in [0.29, 0.717) is 12.0 Å². The number of carboxylic acid groups (broad SMARTS) is 1. The number of rotatable bonds is 9. The van der Waals surface area contributed by atoms with Crippen molar-refractivity contribution < 1.29 is 24.5 Å². The van der Waals surface area contributed by atoms with E-state index in [1.165, 1.54) is 0 Å². The highest BCUT2D eigenvalue weighted by molar-refractivity contribution is 6.35. The largest absolute Gasteiger partial charge is 0.475 e. The summed E-state index contributed by atoms with van der Waals surface area (Å²) in [6.45, 7) is 1.96. The van der Waals surface area contributed by atoms with Gasteiger partial charge in [0.25, 0.3) is 5.79 Å². The van der Waals surface area contributed by atoms with Crippen LogP contribution in [-0.2, 0) is 9.59 Å². The van der Waals surface area contributed by atoms with Crippen molar-refractivity contribution in [2.75, 3.05) is 0 Å². The lowest BCUT2D eigenvalue weighted by Gasteiger charge is -2.26. The summed E-state index contributed by atoms with van der Waals surface area (Å²) in [4.78, 5) is 23.0. The topological polar surface area (TPSA) is 108 Å². The number of carbonyl (C=O) groups excluding carboxylic acids is 1. The van der Waals surface area contributed by atoms with Crippen LogP contribution in [0.1, 0.15) is 38.2 Å². The number of Topliss-reactive ketones (excluding diaryl/α,β-unsaturated/α-hetero) is 1. The first-order valence-corrected chi connectivity index (χ1v) is 8.69. The molecule has 0 aliphatic carbocycles. The molecule has 2 aromatic carbocycles. The number of aliphatic carboxylic acids is 1. The van der Waals surface area contributed by atoms with Crippen LogP contribution in [0.2, 0.25) is 0 Å². The number of carbonyl (C=O) groups is 2. The van der Waals surface area contributed by atoms with E-state index in [1.807, 2.05) is 19.1 Å². The number of carboxylic acids is 1. The molecular formula is C21H21NO5.